The van der Waals surface area contributed by atoms with E-state index >= 15 is 0 Å². The number of aliphatic carboxylic acids is 1. The molecule has 0 aliphatic heterocycles. The number of carbonyl (C=O) groups is 1. The molecule has 0 aromatic heterocycles. The Labute approximate surface area is 91.6 Å². The van der Waals surface area contributed by atoms with E-state index < -0.39 is 25.8 Å². The average Bonchev–Trinajstić information content (AvgIpc) is 1.80. The number of nitrogens with two attached hydrogens (primary N) is 1. The fourth-order valence-electron chi connectivity index (χ4n) is 0.431. The van der Waals surface area contributed by atoms with Crippen LogP contribution in [-0.2, 0) is 9.36 Å². The molecule has 67 valence electrons. The van der Waals surface area contributed by atoms with Crippen LogP contribution in [0, 0.1) is 0 Å². The van der Waals surface area contributed by atoms with Crippen molar-refractivity contribution in [3.8, 4) is 0 Å². The van der Waals surface area contributed by atoms with Gasteiger partial charge in [-0.3, -0.25) is 9.36 Å². The van der Waals surface area contributed by atoms with Crippen LogP contribution in [0.3, 0.4) is 0 Å². The molecule has 0 saturated carbocycles. The summed E-state index contributed by atoms with van der Waals surface area (Å²) in [5.41, 5.74) is 4.98. The summed E-state index contributed by atoms with van der Waals surface area (Å²) in [4.78, 5) is 26.7. The topological polar surface area (TPSA) is 121 Å². The van der Waals surface area contributed by atoms with E-state index in [-0.39, 0.29) is 36.0 Å². The van der Waals surface area contributed by atoms with Crippen molar-refractivity contribution in [2.75, 3.05) is 6.16 Å². The summed E-state index contributed by atoms with van der Waals surface area (Å²) in [6.07, 6.45) is -0.694. The van der Waals surface area contributed by atoms with Gasteiger partial charge in [-0.25, -0.2) is 0 Å². The Hall–Kier alpha value is 0.580. The van der Waals surface area contributed by atoms with Crippen molar-refractivity contribution >= 4 is 43.1 Å². The Morgan fingerprint density at radius 1 is 1.50 bits per heavy atom. The van der Waals surface area contributed by atoms with Gasteiger partial charge in [-0.1, -0.05) is 0 Å². The van der Waals surface area contributed by atoms with E-state index in [2.05, 4.69) is 0 Å². The normalized spacial score (nSPS) is 13.2. The van der Waals surface area contributed by atoms with Crippen LogP contribution < -0.4 is 5.73 Å². The third-order valence-corrected chi connectivity index (χ3v) is 1.89. The summed E-state index contributed by atoms with van der Waals surface area (Å²) in [6, 6.07) is -1.19. The number of carboxylic acid groups (broad SMARTS) is 1. The van der Waals surface area contributed by atoms with Gasteiger partial charge < -0.3 is 20.6 Å². The summed E-state index contributed by atoms with van der Waals surface area (Å²) in [5, 5.41) is 8.20. The van der Waals surface area contributed by atoms with Crippen molar-refractivity contribution in [1.29, 1.82) is 0 Å². The van der Waals surface area contributed by atoms with Gasteiger partial charge in [-0.05, 0) is 6.42 Å². The maximum Gasteiger partial charge on any atom is 0.325 e. The van der Waals surface area contributed by atoms with Crippen LogP contribution in [0.25, 0.3) is 0 Å². The SMILES string of the molecule is NC(CCP(=O)(O)O)C(=O)O.[Na]. The van der Waals surface area contributed by atoms with E-state index in [9.17, 15) is 9.36 Å². The molecule has 0 aromatic rings. The van der Waals surface area contributed by atoms with Gasteiger partial charge in [-0.2, -0.15) is 0 Å². The Bertz CT molecular complexity index is 192. The van der Waals surface area contributed by atoms with Gasteiger partial charge in [0.15, 0.2) is 0 Å². The zero-order valence-electron chi connectivity index (χ0n) is 6.67. The molecule has 12 heavy (non-hydrogen) atoms. The molecule has 5 N–H and O–H groups in total. The second-order valence-corrected chi connectivity index (χ2v) is 3.90. The second-order valence-electron chi connectivity index (χ2n) is 2.12. The zero-order valence-corrected chi connectivity index (χ0v) is 9.57. The zero-order chi connectivity index (χ0) is 9.07. The molecular weight excluding hydrogens is 196 g/mol. The molecule has 1 radical (unpaired) electrons. The molecule has 8 heteroatoms. The molecule has 0 amide bonds. The van der Waals surface area contributed by atoms with Crippen LogP contribution in [0.2, 0.25) is 0 Å². The van der Waals surface area contributed by atoms with E-state index in [0.717, 1.165) is 0 Å². The number of carboxylic acids is 1. The second kappa shape index (κ2) is 6.10. The Morgan fingerprint density at radius 2 is 1.92 bits per heavy atom. The predicted octanol–water partition coefficient (Wildman–Crippen LogP) is -1.41. The Kier molecular flexibility index (Phi) is 7.66. The fourth-order valence-corrected chi connectivity index (χ4v) is 1.05. The first-order valence-corrected chi connectivity index (χ1v) is 4.65. The van der Waals surface area contributed by atoms with Crippen molar-refractivity contribution in [3.63, 3.8) is 0 Å². The van der Waals surface area contributed by atoms with Gasteiger partial charge >= 0.3 is 13.6 Å². The van der Waals surface area contributed by atoms with Gasteiger partial charge in [0.05, 0.1) is 6.16 Å². The Balaban J connectivity index is 0. The molecule has 0 bridgehead atoms. The molecule has 1 unspecified atom stereocenters. The summed E-state index contributed by atoms with van der Waals surface area (Å²) in [7, 11) is -4.10. The molecule has 0 aliphatic rings. The molecule has 0 spiro atoms. The monoisotopic (exact) mass is 206 g/mol. The third-order valence-electron chi connectivity index (χ3n) is 1.05. The van der Waals surface area contributed by atoms with Crippen LogP contribution in [-0.4, -0.2) is 62.6 Å². The van der Waals surface area contributed by atoms with Crippen molar-refractivity contribution < 1.29 is 24.3 Å². The molecule has 0 aliphatic carbocycles. The molecule has 0 aromatic carbocycles. The van der Waals surface area contributed by atoms with Crippen molar-refractivity contribution in [1.82, 2.24) is 0 Å². The number of rotatable bonds is 4. The summed E-state index contributed by atoms with van der Waals surface area (Å²) in [5.74, 6) is -1.25. The molecule has 6 nitrogen and oxygen atoms in total. The van der Waals surface area contributed by atoms with Crippen molar-refractivity contribution in [3.05, 3.63) is 0 Å². The minimum absolute atomic E-state index is 0. The average molecular weight is 206 g/mol. The molecule has 1 atom stereocenters. The van der Waals surface area contributed by atoms with E-state index in [1.54, 1.807) is 0 Å². The summed E-state index contributed by atoms with van der Waals surface area (Å²) < 4.78 is 10.2. The number of hydrogen-bond donors (Lipinski definition) is 4. The number of hydrogen-bond acceptors (Lipinski definition) is 3. The molecule has 0 fully saturated rings. The van der Waals surface area contributed by atoms with Crippen LogP contribution >= 0.6 is 7.60 Å². The Morgan fingerprint density at radius 3 is 2.17 bits per heavy atom. The van der Waals surface area contributed by atoms with E-state index in [0.29, 0.717) is 0 Å². The maximum atomic E-state index is 10.2. The summed E-state index contributed by atoms with van der Waals surface area (Å²) in [6.45, 7) is 0. The third kappa shape index (κ3) is 8.67. The largest absolute Gasteiger partial charge is 0.480 e. The van der Waals surface area contributed by atoms with Crippen LogP contribution in [0.4, 0.5) is 0 Å². The first-order valence-electron chi connectivity index (χ1n) is 2.86. The van der Waals surface area contributed by atoms with Gasteiger partial charge in [0.25, 0.3) is 0 Å². The smallest absolute Gasteiger partial charge is 0.325 e. The maximum absolute atomic E-state index is 10.2. The van der Waals surface area contributed by atoms with E-state index in [1.807, 2.05) is 0 Å². The van der Waals surface area contributed by atoms with Crippen molar-refractivity contribution in [2.45, 2.75) is 12.5 Å². The van der Waals surface area contributed by atoms with Crippen LogP contribution in [0.1, 0.15) is 6.42 Å². The van der Waals surface area contributed by atoms with Gasteiger partial charge in [0.1, 0.15) is 6.04 Å². The summed E-state index contributed by atoms with van der Waals surface area (Å²) >= 11 is 0. The molecule has 0 rings (SSSR count). The quantitative estimate of drug-likeness (QED) is 0.331. The molecular formula is C4H10NNaO5P. The molecule has 0 saturated heterocycles. The predicted molar refractivity (Wildman–Crippen MR) is 42.9 cm³/mol. The van der Waals surface area contributed by atoms with E-state index in [1.165, 1.54) is 0 Å². The first kappa shape index (κ1) is 15.1. The van der Waals surface area contributed by atoms with Crippen molar-refractivity contribution in [2.24, 2.45) is 5.73 Å². The van der Waals surface area contributed by atoms with Gasteiger partial charge in [0, 0.05) is 29.6 Å². The van der Waals surface area contributed by atoms with Crippen LogP contribution in [0.5, 0.6) is 0 Å². The van der Waals surface area contributed by atoms with Gasteiger partial charge in [0.2, 0.25) is 0 Å². The van der Waals surface area contributed by atoms with Gasteiger partial charge in [-0.15, -0.1) is 0 Å². The molecule has 0 heterocycles. The fraction of sp³-hybridized carbons (Fsp3) is 0.750. The minimum Gasteiger partial charge on any atom is -0.480 e. The minimum atomic E-state index is -4.10. The van der Waals surface area contributed by atoms with E-state index in [4.69, 9.17) is 20.6 Å². The standard InChI is InChI=1S/C4H10NO5P.Na/c5-3(4(6)7)1-2-11(8,9)10;/h3H,1-2,5H2,(H,6,7)(H2,8,9,10);. The first-order chi connectivity index (χ1) is 4.83. The van der Waals surface area contributed by atoms with Crippen LogP contribution in [0.15, 0.2) is 0 Å².